The van der Waals surface area contributed by atoms with Gasteiger partial charge in [-0.15, -0.1) is 22.6 Å². The van der Waals surface area contributed by atoms with Crippen molar-refractivity contribution in [2.45, 2.75) is 37.6 Å². The van der Waals surface area contributed by atoms with Crippen LogP contribution in [0.3, 0.4) is 0 Å². The summed E-state index contributed by atoms with van der Waals surface area (Å²) in [6.45, 7) is 7.06. The molecule has 272 valence electrons. The summed E-state index contributed by atoms with van der Waals surface area (Å²) >= 11 is 0. The quantitative estimate of drug-likeness (QED) is 0.202. The summed E-state index contributed by atoms with van der Waals surface area (Å²) in [6, 6.07) is 19.7. The predicted molar refractivity (Wildman–Crippen MR) is 190 cm³/mol. The molecule has 0 aliphatic carbocycles. The molecular formula is C35H39ClF3N7O4S. The summed E-state index contributed by atoms with van der Waals surface area (Å²) in [6.07, 6.45) is -1.63. The van der Waals surface area contributed by atoms with E-state index in [2.05, 4.69) is 36.6 Å². The van der Waals surface area contributed by atoms with Gasteiger partial charge in [0.1, 0.15) is 5.75 Å². The van der Waals surface area contributed by atoms with Gasteiger partial charge in [0, 0.05) is 51.5 Å². The molecule has 0 atom stereocenters. The summed E-state index contributed by atoms with van der Waals surface area (Å²) in [7, 11) is -3.81. The number of carbonyl (C=O) groups is 1. The third kappa shape index (κ3) is 9.65. The zero-order chi connectivity index (χ0) is 35.3. The van der Waals surface area contributed by atoms with Crippen molar-refractivity contribution in [3.63, 3.8) is 0 Å². The minimum atomic E-state index is -4.58. The fraction of sp³-hybridized carbons (Fsp3) is 0.371. The Morgan fingerprint density at radius 1 is 0.922 bits per heavy atom. The van der Waals surface area contributed by atoms with Gasteiger partial charge in [-0.2, -0.15) is 13.2 Å². The molecule has 4 aromatic rings. The molecule has 0 bridgehead atoms. The summed E-state index contributed by atoms with van der Waals surface area (Å²) < 4.78 is 73.2. The van der Waals surface area contributed by atoms with Gasteiger partial charge in [-0.1, -0.05) is 49.4 Å². The molecule has 0 radical (unpaired) electrons. The molecule has 51 heavy (non-hydrogen) atoms. The Morgan fingerprint density at radius 2 is 1.61 bits per heavy atom. The van der Waals surface area contributed by atoms with Crippen LogP contribution in [0.25, 0.3) is 0 Å². The number of rotatable bonds is 10. The van der Waals surface area contributed by atoms with E-state index in [-0.39, 0.29) is 41.6 Å². The number of nitrogens with one attached hydrogen (secondary N) is 1. The van der Waals surface area contributed by atoms with Crippen LogP contribution in [0.15, 0.2) is 79.0 Å². The first-order valence-corrected chi connectivity index (χ1v) is 18.1. The topological polar surface area (TPSA) is 121 Å². The number of nitrogens with zero attached hydrogens (tertiary/aromatic N) is 6. The van der Waals surface area contributed by atoms with Crippen molar-refractivity contribution < 1.29 is 31.1 Å². The molecule has 0 spiro atoms. The van der Waals surface area contributed by atoms with E-state index in [1.807, 2.05) is 18.2 Å². The molecular weight excluding hydrogens is 707 g/mol. The van der Waals surface area contributed by atoms with Crippen molar-refractivity contribution in [2.75, 3.05) is 55.4 Å². The second-order valence-corrected chi connectivity index (χ2v) is 14.1. The molecule has 0 saturated carbocycles. The Labute approximate surface area is 301 Å². The molecule has 2 aromatic carbocycles. The number of likely N-dealkylation sites (N-methyl/N-ethyl adjacent to an activating group) is 1. The number of sulfonamides is 1. The van der Waals surface area contributed by atoms with Crippen LogP contribution < -0.4 is 14.4 Å². The van der Waals surface area contributed by atoms with E-state index >= 15 is 0 Å². The molecule has 1 amide bonds. The van der Waals surface area contributed by atoms with Gasteiger partial charge in [0.2, 0.25) is 15.9 Å². The average molecular weight is 746 g/mol. The maximum absolute atomic E-state index is 13.7. The van der Waals surface area contributed by atoms with Crippen LogP contribution in [0.5, 0.6) is 11.6 Å². The lowest BCUT2D eigenvalue weighted by molar-refractivity contribution is -0.141. The normalized spacial score (nSPS) is 16.0. The first-order chi connectivity index (χ1) is 24.0. The minimum Gasteiger partial charge on any atom is -0.438 e. The number of aromatic nitrogens is 3. The Morgan fingerprint density at radius 3 is 2.22 bits per heavy atom. The van der Waals surface area contributed by atoms with E-state index in [1.54, 1.807) is 47.4 Å². The van der Waals surface area contributed by atoms with Gasteiger partial charge >= 0.3 is 6.18 Å². The lowest BCUT2D eigenvalue weighted by Gasteiger charge is -2.36. The van der Waals surface area contributed by atoms with Crippen LogP contribution >= 0.6 is 12.4 Å². The number of ether oxygens (including phenoxy) is 1. The van der Waals surface area contributed by atoms with E-state index in [1.165, 1.54) is 6.20 Å². The first-order valence-electron chi connectivity index (χ1n) is 16.5. The third-order valence-corrected chi connectivity index (χ3v) is 10.2. The highest BCUT2D eigenvalue weighted by molar-refractivity contribution is 7.91. The largest absolute Gasteiger partial charge is 0.438 e. The number of hydrogen-bond acceptors (Lipinski definition) is 9. The van der Waals surface area contributed by atoms with E-state index in [4.69, 9.17) is 4.74 Å². The van der Waals surface area contributed by atoms with Gasteiger partial charge in [-0.3, -0.25) is 9.52 Å². The molecule has 2 aromatic heterocycles. The molecule has 6 rings (SSSR count). The van der Waals surface area contributed by atoms with Crippen molar-refractivity contribution in [3.05, 3.63) is 101 Å². The van der Waals surface area contributed by atoms with Crippen molar-refractivity contribution in [1.82, 2.24) is 25.0 Å². The van der Waals surface area contributed by atoms with E-state index in [0.29, 0.717) is 61.7 Å². The number of piperidine rings is 1. The van der Waals surface area contributed by atoms with Crippen molar-refractivity contribution in [2.24, 2.45) is 0 Å². The number of carbonyl (C=O) groups excluding carboxylic acids is 1. The van der Waals surface area contributed by atoms with E-state index < -0.39 is 21.9 Å². The lowest BCUT2D eigenvalue weighted by Crippen LogP contribution is -2.46. The second-order valence-electron chi connectivity index (χ2n) is 12.4. The number of amides is 1. The van der Waals surface area contributed by atoms with Crippen molar-refractivity contribution >= 4 is 39.8 Å². The highest BCUT2D eigenvalue weighted by Gasteiger charge is 2.33. The molecule has 4 heterocycles. The highest BCUT2D eigenvalue weighted by atomic mass is 35.5. The Hall–Kier alpha value is -4.47. The van der Waals surface area contributed by atoms with Crippen LogP contribution in [0, 0.1) is 0 Å². The van der Waals surface area contributed by atoms with Crippen molar-refractivity contribution in [1.29, 1.82) is 0 Å². The van der Waals surface area contributed by atoms with Gasteiger partial charge in [-0.05, 0) is 60.7 Å². The highest BCUT2D eigenvalue weighted by Crippen LogP contribution is 2.33. The third-order valence-electron chi connectivity index (χ3n) is 8.98. The molecule has 2 aliphatic heterocycles. The number of piperazine rings is 1. The van der Waals surface area contributed by atoms with Crippen LogP contribution in [-0.4, -0.2) is 85.1 Å². The Kier molecular flexibility index (Phi) is 12.0. The number of likely N-dealkylation sites (tertiary alicyclic amines) is 1. The number of benzene rings is 2. The van der Waals surface area contributed by atoms with Gasteiger partial charge in [0.15, 0.2) is 11.5 Å². The Balaban J connectivity index is 0.00000504. The smallest absolute Gasteiger partial charge is 0.435 e. The first kappa shape index (κ1) is 37.8. The molecule has 11 nitrogen and oxygen atoms in total. The number of anilines is 2. The Bertz CT molecular complexity index is 1870. The second kappa shape index (κ2) is 16.3. The molecule has 1 N–H and O–H groups in total. The van der Waals surface area contributed by atoms with E-state index in [0.717, 1.165) is 37.3 Å². The van der Waals surface area contributed by atoms with Gasteiger partial charge in [0.25, 0.3) is 5.91 Å². The van der Waals surface area contributed by atoms with Crippen LogP contribution in [-0.2, 0) is 22.0 Å². The van der Waals surface area contributed by atoms with Crippen molar-refractivity contribution in [3.8, 4) is 11.6 Å². The molecule has 0 unspecified atom stereocenters. The standard InChI is InChI=1S/C35H38F3N7O4S.ClH/c1-2-43-18-20-44(21-19-43)33-30(42-50(47,48)24-25-6-4-3-5-7-25)22-28(23-39-33)34(46)45-16-14-27(15-17-45)26-8-10-29(11-9-26)49-32-13-12-31(40-41-32)35(36,37)38;/h3-13,22-23,27,42H,2,14-21,24H2,1H3;1H. The van der Waals surface area contributed by atoms with Crippen LogP contribution in [0.2, 0.25) is 0 Å². The summed E-state index contributed by atoms with van der Waals surface area (Å²) in [4.78, 5) is 24.5. The summed E-state index contributed by atoms with van der Waals surface area (Å²) in [5.74, 6) is 0.620. The monoisotopic (exact) mass is 745 g/mol. The number of hydrogen-bond donors (Lipinski definition) is 1. The van der Waals surface area contributed by atoms with Crippen LogP contribution in [0.1, 0.15) is 52.9 Å². The summed E-state index contributed by atoms with van der Waals surface area (Å²) in [5.41, 5.74) is 1.20. The fourth-order valence-electron chi connectivity index (χ4n) is 6.23. The molecule has 2 fully saturated rings. The van der Waals surface area contributed by atoms with Gasteiger partial charge in [-0.25, -0.2) is 13.4 Å². The van der Waals surface area contributed by atoms with Gasteiger partial charge in [0.05, 0.1) is 17.0 Å². The summed E-state index contributed by atoms with van der Waals surface area (Å²) in [5, 5.41) is 6.68. The zero-order valence-corrected chi connectivity index (χ0v) is 29.6. The maximum Gasteiger partial charge on any atom is 0.435 e. The van der Waals surface area contributed by atoms with Crippen LogP contribution in [0.4, 0.5) is 24.7 Å². The minimum absolute atomic E-state index is 0. The van der Waals surface area contributed by atoms with E-state index in [9.17, 15) is 26.4 Å². The predicted octanol–water partition coefficient (Wildman–Crippen LogP) is 6.21. The molecule has 2 saturated heterocycles. The number of pyridine rings is 1. The maximum atomic E-state index is 13.7. The molecule has 2 aliphatic rings. The average Bonchev–Trinajstić information content (AvgIpc) is 3.12. The lowest BCUT2D eigenvalue weighted by atomic mass is 9.89. The SMILES string of the molecule is CCN1CCN(c2ncc(C(=O)N3CCC(c4ccc(Oc5ccc(C(F)(F)F)nn5)cc4)CC3)cc2NS(=O)(=O)Cc2ccccc2)CC1.Cl. The number of alkyl halides is 3. The van der Waals surface area contributed by atoms with Gasteiger partial charge < -0.3 is 19.4 Å². The number of halogens is 4. The fourth-order valence-corrected chi connectivity index (χ4v) is 7.42. The molecule has 16 heteroatoms. The zero-order valence-electron chi connectivity index (χ0n) is 27.9.